The number of fused-ring (bicyclic) bond motifs is 1. The molecular weight excluding hydrogens is 278 g/mol. The zero-order valence-electron chi connectivity index (χ0n) is 11.4. The molecule has 6 heteroatoms. The van der Waals surface area contributed by atoms with Crippen LogP contribution in [0.25, 0.3) is 10.9 Å². The highest BCUT2D eigenvalue weighted by Crippen LogP contribution is 2.19. The Hall–Kier alpha value is -3.46. The van der Waals surface area contributed by atoms with Crippen molar-refractivity contribution in [1.29, 1.82) is 5.26 Å². The molecule has 0 bridgehead atoms. The molecule has 0 spiro atoms. The molecule has 3 aromatic rings. The SMILES string of the molecule is N#Cc1ccc2nc(Nc3cc(C(N)=O)ccn3)ccc2c1. The Kier molecular flexibility index (Phi) is 3.38. The van der Waals surface area contributed by atoms with Gasteiger partial charge in [-0.25, -0.2) is 9.97 Å². The first-order valence-corrected chi connectivity index (χ1v) is 6.49. The van der Waals surface area contributed by atoms with Crippen LogP contribution in [0.15, 0.2) is 48.7 Å². The fraction of sp³-hybridized carbons (Fsp3) is 0. The minimum absolute atomic E-state index is 0.372. The summed E-state index contributed by atoms with van der Waals surface area (Å²) in [5, 5.41) is 12.8. The number of anilines is 2. The lowest BCUT2D eigenvalue weighted by atomic mass is 10.1. The van der Waals surface area contributed by atoms with Crippen molar-refractivity contribution < 1.29 is 4.79 Å². The van der Waals surface area contributed by atoms with Crippen molar-refractivity contribution in [3.8, 4) is 6.07 Å². The highest BCUT2D eigenvalue weighted by atomic mass is 16.1. The number of nitrogens with one attached hydrogen (secondary N) is 1. The molecule has 1 aromatic carbocycles. The summed E-state index contributed by atoms with van der Waals surface area (Å²) in [6.45, 7) is 0. The number of carbonyl (C=O) groups excluding carboxylic acids is 1. The van der Waals surface area contributed by atoms with Crippen molar-refractivity contribution in [3.05, 3.63) is 59.8 Å². The van der Waals surface area contributed by atoms with Gasteiger partial charge in [-0.05, 0) is 42.5 Å². The van der Waals surface area contributed by atoms with E-state index in [0.29, 0.717) is 22.8 Å². The highest BCUT2D eigenvalue weighted by Gasteiger charge is 2.04. The van der Waals surface area contributed by atoms with Crippen LogP contribution in [-0.4, -0.2) is 15.9 Å². The Morgan fingerprint density at radius 3 is 2.77 bits per heavy atom. The molecule has 2 heterocycles. The summed E-state index contributed by atoms with van der Waals surface area (Å²) in [7, 11) is 0. The predicted molar refractivity (Wildman–Crippen MR) is 82.5 cm³/mol. The van der Waals surface area contributed by atoms with Crippen LogP contribution < -0.4 is 11.1 Å². The standard InChI is InChI=1S/C16H11N5O/c17-9-10-1-3-13-11(7-10)2-4-14(20-13)21-15-8-12(16(18)22)5-6-19-15/h1-8H,(H2,18,22)(H,19,20,21). The van der Waals surface area contributed by atoms with E-state index < -0.39 is 5.91 Å². The third kappa shape index (κ3) is 2.69. The maximum absolute atomic E-state index is 11.2. The van der Waals surface area contributed by atoms with E-state index in [9.17, 15) is 4.79 Å². The molecule has 3 N–H and O–H groups in total. The molecule has 0 saturated carbocycles. The lowest BCUT2D eigenvalue weighted by Crippen LogP contribution is -2.11. The molecule has 0 unspecified atom stereocenters. The third-order valence-corrected chi connectivity index (χ3v) is 3.12. The molecule has 6 nitrogen and oxygen atoms in total. The van der Waals surface area contributed by atoms with Gasteiger partial charge in [0.15, 0.2) is 0 Å². The predicted octanol–water partition coefficient (Wildman–Crippen LogP) is 2.34. The molecule has 0 saturated heterocycles. The zero-order valence-corrected chi connectivity index (χ0v) is 11.4. The number of hydrogen-bond donors (Lipinski definition) is 2. The Balaban J connectivity index is 1.93. The molecule has 0 fully saturated rings. The molecule has 3 rings (SSSR count). The fourth-order valence-electron chi connectivity index (χ4n) is 2.05. The number of hydrogen-bond acceptors (Lipinski definition) is 5. The average molecular weight is 289 g/mol. The summed E-state index contributed by atoms with van der Waals surface area (Å²) in [5.74, 6) is 0.559. The van der Waals surface area contributed by atoms with Crippen molar-refractivity contribution in [1.82, 2.24) is 9.97 Å². The highest BCUT2D eigenvalue weighted by molar-refractivity contribution is 5.93. The monoisotopic (exact) mass is 289 g/mol. The van der Waals surface area contributed by atoms with Gasteiger partial charge in [-0.2, -0.15) is 5.26 Å². The minimum Gasteiger partial charge on any atom is -0.366 e. The van der Waals surface area contributed by atoms with Crippen molar-refractivity contribution in [2.75, 3.05) is 5.32 Å². The van der Waals surface area contributed by atoms with Crippen LogP contribution in [0.1, 0.15) is 15.9 Å². The Morgan fingerprint density at radius 2 is 2.00 bits per heavy atom. The van der Waals surface area contributed by atoms with Crippen molar-refractivity contribution in [2.45, 2.75) is 0 Å². The first kappa shape index (κ1) is 13.5. The molecule has 0 aliphatic rings. The number of aromatic nitrogens is 2. The normalized spacial score (nSPS) is 10.1. The van der Waals surface area contributed by atoms with E-state index in [-0.39, 0.29) is 0 Å². The molecule has 0 radical (unpaired) electrons. The van der Waals surface area contributed by atoms with Gasteiger partial charge in [-0.15, -0.1) is 0 Å². The summed E-state index contributed by atoms with van der Waals surface area (Å²) in [6, 6.07) is 14.1. The molecule has 0 aliphatic heterocycles. The topological polar surface area (TPSA) is 105 Å². The number of rotatable bonds is 3. The first-order valence-electron chi connectivity index (χ1n) is 6.49. The van der Waals surface area contributed by atoms with E-state index in [1.807, 2.05) is 6.07 Å². The Bertz CT molecular complexity index is 914. The van der Waals surface area contributed by atoms with Gasteiger partial charge in [0.2, 0.25) is 5.91 Å². The van der Waals surface area contributed by atoms with Crippen LogP contribution in [0.4, 0.5) is 11.6 Å². The van der Waals surface area contributed by atoms with Crippen LogP contribution in [-0.2, 0) is 0 Å². The zero-order chi connectivity index (χ0) is 15.5. The van der Waals surface area contributed by atoms with Gasteiger partial charge in [-0.1, -0.05) is 0 Å². The van der Waals surface area contributed by atoms with Crippen molar-refractivity contribution in [3.63, 3.8) is 0 Å². The quantitative estimate of drug-likeness (QED) is 0.770. The van der Waals surface area contributed by atoms with E-state index >= 15 is 0 Å². The number of pyridine rings is 2. The average Bonchev–Trinajstić information content (AvgIpc) is 2.54. The van der Waals surface area contributed by atoms with Crippen LogP contribution in [0.5, 0.6) is 0 Å². The van der Waals surface area contributed by atoms with E-state index in [0.717, 1.165) is 10.9 Å². The molecule has 0 aliphatic carbocycles. The molecular formula is C16H11N5O. The summed E-state index contributed by atoms with van der Waals surface area (Å²) >= 11 is 0. The van der Waals surface area contributed by atoms with Crippen LogP contribution in [0.3, 0.4) is 0 Å². The molecule has 1 amide bonds. The number of nitriles is 1. The smallest absolute Gasteiger partial charge is 0.248 e. The summed E-state index contributed by atoms with van der Waals surface area (Å²) in [4.78, 5) is 19.7. The van der Waals surface area contributed by atoms with Gasteiger partial charge in [0.1, 0.15) is 11.6 Å². The van der Waals surface area contributed by atoms with Crippen LogP contribution in [0, 0.1) is 11.3 Å². The van der Waals surface area contributed by atoms with Gasteiger partial charge in [-0.3, -0.25) is 4.79 Å². The summed E-state index contributed by atoms with van der Waals surface area (Å²) < 4.78 is 0. The number of benzene rings is 1. The number of primary amides is 1. The van der Waals surface area contributed by atoms with E-state index in [1.54, 1.807) is 36.4 Å². The molecule has 106 valence electrons. The van der Waals surface area contributed by atoms with Crippen LogP contribution >= 0.6 is 0 Å². The van der Waals surface area contributed by atoms with E-state index in [2.05, 4.69) is 21.4 Å². The number of carbonyl (C=O) groups is 1. The number of nitrogens with zero attached hydrogens (tertiary/aromatic N) is 3. The first-order chi connectivity index (χ1) is 10.7. The lowest BCUT2D eigenvalue weighted by molar-refractivity contribution is 0.1000. The van der Waals surface area contributed by atoms with Crippen molar-refractivity contribution in [2.24, 2.45) is 5.73 Å². The molecule has 0 atom stereocenters. The molecule has 22 heavy (non-hydrogen) atoms. The molecule has 2 aromatic heterocycles. The fourth-order valence-corrected chi connectivity index (χ4v) is 2.05. The summed E-state index contributed by atoms with van der Waals surface area (Å²) in [5.41, 5.74) is 6.96. The second kappa shape index (κ2) is 5.50. The van der Waals surface area contributed by atoms with Gasteiger partial charge in [0.05, 0.1) is 17.1 Å². The maximum Gasteiger partial charge on any atom is 0.248 e. The minimum atomic E-state index is -0.513. The second-order valence-corrected chi connectivity index (χ2v) is 4.63. The second-order valence-electron chi connectivity index (χ2n) is 4.63. The Morgan fingerprint density at radius 1 is 1.14 bits per heavy atom. The van der Waals surface area contributed by atoms with Crippen LogP contribution in [0.2, 0.25) is 0 Å². The Labute approximate surface area is 126 Å². The summed E-state index contributed by atoms with van der Waals surface area (Å²) in [6.07, 6.45) is 1.50. The van der Waals surface area contributed by atoms with E-state index in [4.69, 9.17) is 11.0 Å². The third-order valence-electron chi connectivity index (χ3n) is 3.12. The van der Waals surface area contributed by atoms with Crippen molar-refractivity contribution >= 4 is 28.4 Å². The van der Waals surface area contributed by atoms with Gasteiger partial charge in [0.25, 0.3) is 0 Å². The van der Waals surface area contributed by atoms with E-state index in [1.165, 1.54) is 6.20 Å². The van der Waals surface area contributed by atoms with Gasteiger partial charge in [0, 0.05) is 17.1 Å². The van der Waals surface area contributed by atoms with Gasteiger partial charge < -0.3 is 11.1 Å². The largest absolute Gasteiger partial charge is 0.366 e. The maximum atomic E-state index is 11.2. The lowest BCUT2D eigenvalue weighted by Gasteiger charge is -2.07. The number of amides is 1. The number of nitrogens with two attached hydrogens (primary N) is 1. The van der Waals surface area contributed by atoms with Gasteiger partial charge >= 0.3 is 0 Å².